The molecule has 15 nitrogen and oxygen atoms in total. The Labute approximate surface area is 313 Å². The molecule has 5 atom stereocenters. The third-order valence-corrected chi connectivity index (χ3v) is 12.6. The van der Waals surface area contributed by atoms with Crippen LogP contribution in [0.4, 0.5) is 14.0 Å². The third kappa shape index (κ3) is 8.25. The van der Waals surface area contributed by atoms with E-state index in [0.717, 1.165) is 6.42 Å². The fourth-order valence-corrected chi connectivity index (χ4v) is 8.86. The number of nitrogens with one attached hydrogen (secondary N) is 3. The summed E-state index contributed by atoms with van der Waals surface area (Å²) in [5.41, 5.74) is -0.599. The van der Waals surface area contributed by atoms with Gasteiger partial charge < -0.3 is 29.8 Å². The number of rotatable bonds is 12. The van der Waals surface area contributed by atoms with Crippen molar-refractivity contribution >= 4 is 46.2 Å². The second-order valence-electron chi connectivity index (χ2n) is 15.9. The first kappa shape index (κ1) is 39.2. The number of aldehydes is 1. The van der Waals surface area contributed by atoms with E-state index in [4.69, 9.17) is 9.47 Å². The van der Waals surface area contributed by atoms with Crippen LogP contribution in [0.2, 0.25) is 0 Å². The lowest BCUT2D eigenvalue weighted by atomic mass is 9.83. The summed E-state index contributed by atoms with van der Waals surface area (Å²) in [5, 5.41) is 4.75. The lowest BCUT2D eigenvalue weighted by Crippen LogP contribution is -2.57. The molecule has 5 amide bonds. The molecule has 0 aromatic heterocycles. The first-order chi connectivity index (χ1) is 25.5. The van der Waals surface area contributed by atoms with Crippen LogP contribution < -0.4 is 15.4 Å². The maximum absolute atomic E-state index is 14.7. The van der Waals surface area contributed by atoms with Gasteiger partial charge >= 0.3 is 12.2 Å². The smallest absolute Gasteiger partial charge is 0.410 e. The maximum Gasteiger partial charge on any atom is 0.410 e. The predicted molar refractivity (Wildman–Crippen MR) is 190 cm³/mol. The van der Waals surface area contributed by atoms with Crippen molar-refractivity contribution in [1.82, 2.24) is 25.2 Å². The van der Waals surface area contributed by atoms with Crippen molar-refractivity contribution in [3.05, 3.63) is 46.3 Å². The van der Waals surface area contributed by atoms with Gasteiger partial charge in [-0.1, -0.05) is 31.1 Å². The highest BCUT2D eigenvalue weighted by Crippen LogP contribution is 2.47. The molecular weight excluding hydrogens is 725 g/mol. The van der Waals surface area contributed by atoms with E-state index in [9.17, 15) is 41.6 Å². The molecule has 0 bridgehead atoms. The quantitative estimate of drug-likeness (QED) is 0.210. The van der Waals surface area contributed by atoms with Gasteiger partial charge in [-0.25, -0.2) is 22.4 Å². The van der Waals surface area contributed by atoms with Gasteiger partial charge in [0.15, 0.2) is 0 Å². The monoisotopic (exact) mass is 773 g/mol. The molecule has 2 heterocycles. The van der Waals surface area contributed by atoms with Crippen LogP contribution in [0.25, 0.3) is 0 Å². The number of benzene rings is 1. The van der Waals surface area contributed by atoms with Crippen LogP contribution in [-0.4, -0.2) is 95.5 Å². The van der Waals surface area contributed by atoms with Crippen molar-refractivity contribution in [1.29, 1.82) is 0 Å². The van der Waals surface area contributed by atoms with Gasteiger partial charge in [-0.15, -0.1) is 0 Å². The number of carbonyl (C=O) groups is 6. The van der Waals surface area contributed by atoms with Gasteiger partial charge in [0.25, 0.3) is 11.8 Å². The third-order valence-electron chi connectivity index (χ3n) is 10.8. The molecule has 3 saturated carbocycles. The molecule has 6 rings (SSSR count). The maximum atomic E-state index is 14.7. The average Bonchev–Trinajstić information content (AvgIpc) is 3.95. The molecule has 3 N–H and O–H groups in total. The van der Waals surface area contributed by atoms with Crippen LogP contribution >= 0.6 is 0 Å². The molecule has 294 valence electrons. The number of ether oxygens (including phenoxy) is 2. The number of sulfonamides is 1. The van der Waals surface area contributed by atoms with Gasteiger partial charge in [0.1, 0.15) is 35.4 Å². The number of amides is 5. The van der Waals surface area contributed by atoms with Gasteiger partial charge in [-0.05, 0) is 76.8 Å². The van der Waals surface area contributed by atoms with Crippen LogP contribution in [0.5, 0.6) is 0 Å². The first-order valence-electron chi connectivity index (χ1n) is 18.5. The Balaban J connectivity index is 1.27. The number of alkyl carbamates (subject to hydrolysis) is 1. The largest absolute Gasteiger partial charge is 0.444 e. The van der Waals surface area contributed by atoms with Crippen molar-refractivity contribution in [3.8, 4) is 0 Å². The van der Waals surface area contributed by atoms with Crippen molar-refractivity contribution in [3.63, 3.8) is 0 Å². The topological polar surface area (TPSA) is 198 Å². The zero-order chi connectivity index (χ0) is 39.2. The summed E-state index contributed by atoms with van der Waals surface area (Å²) in [6.07, 6.45) is 0.788. The summed E-state index contributed by atoms with van der Waals surface area (Å²) in [6.45, 7) is 6.64. The molecule has 0 spiro atoms. The number of fused-ring (bicyclic) bond motifs is 1. The normalized spacial score (nSPS) is 25.1. The number of allylic oxidation sites excluding steroid dienone is 1. The van der Waals surface area contributed by atoms with Crippen LogP contribution in [0, 0.1) is 11.7 Å². The molecule has 1 aromatic carbocycles. The standard InChI is InChI=1S/C37H48FN5O10S/c1-5-23-17-37(23,33(47)41-54(50,51)25-12-13-25)40-31(45)29-16-24(52-35(49)42-18-22-10-7-11-27(38)26(22)20-42)19-43(29)32(46)30(21-8-6-9-21)28(14-15-44)39-34(48)53-36(2,3)4/h7,10-11,15,23-25,28-29H,5-6,8-9,12-14,16-20H2,1-4H3,(H,39,48)(H,40,45)(H,41,47)/t23-,24-,28+,29+,37-/m1/s1. The number of hydrogen-bond acceptors (Lipinski definition) is 10. The Bertz CT molecular complexity index is 1870. The molecule has 2 aliphatic heterocycles. The van der Waals surface area contributed by atoms with E-state index < -0.39 is 80.3 Å². The predicted octanol–water partition coefficient (Wildman–Crippen LogP) is 3.10. The van der Waals surface area contributed by atoms with E-state index >= 15 is 0 Å². The first-order valence-corrected chi connectivity index (χ1v) is 20.1. The summed E-state index contributed by atoms with van der Waals surface area (Å²) in [5.74, 6) is -3.09. The van der Waals surface area contributed by atoms with Crippen LogP contribution in [-0.2, 0) is 51.8 Å². The Morgan fingerprint density at radius 3 is 2.41 bits per heavy atom. The number of likely N-dealkylation sites (tertiary alicyclic amines) is 1. The van der Waals surface area contributed by atoms with E-state index in [2.05, 4.69) is 15.4 Å². The van der Waals surface area contributed by atoms with E-state index in [1.165, 1.54) is 15.9 Å². The summed E-state index contributed by atoms with van der Waals surface area (Å²) in [7, 11) is -3.93. The number of carbonyl (C=O) groups excluding carboxylic acids is 6. The summed E-state index contributed by atoms with van der Waals surface area (Å²) in [6, 6.07) is 2.18. The zero-order valence-electron chi connectivity index (χ0n) is 30.9. The SMILES string of the molecule is CC[C@@H]1C[C@]1(NC(=O)[C@@H]1C[C@@H](OC(=O)N2Cc3cccc(F)c3C2)CN1C(=O)C(=C1CCC1)[C@H](CC=O)NC(=O)OC(C)(C)C)C(=O)NS(=O)(=O)C1CC1. The fraction of sp³-hybridized carbons (Fsp3) is 0.622. The van der Waals surface area contributed by atoms with Crippen molar-refractivity contribution in [2.24, 2.45) is 5.92 Å². The molecule has 0 unspecified atom stereocenters. The minimum Gasteiger partial charge on any atom is -0.444 e. The van der Waals surface area contributed by atoms with E-state index in [1.807, 2.05) is 6.92 Å². The average molecular weight is 774 g/mol. The van der Waals surface area contributed by atoms with Gasteiger partial charge in [-0.3, -0.25) is 24.0 Å². The highest BCUT2D eigenvalue weighted by molar-refractivity contribution is 7.91. The molecule has 5 aliphatic rings. The zero-order valence-corrected chi connectivity index (χ0v) is 31.8. The van der Waals surface area contributed by atoms with E-state index in [-0.39, 0.29) is 50.4 Å². The molecule has 3 aliphatic carbocycles. The molecule has 54 heavy (non-hydrogen) atoms. The molecule has 0 radical (unpaired) electrons. The summed E-state index contributed by atoms with van der Waals surface area (Å²) < 4.78 is 53.3. The van der Waals surface area contributed by atoms with Crippen molar-refractivity contribution in [2.45, 2.75) is 133 Å². The summed E-state index contributed by atoms with van der Waals surface area (Å²) >= 11 is 0. The van der Waals surface area contributed by atoms with Crippen molar-refractivity contribution < 1.29 is 51.0 Å². The minimum absolute atomic E-state index is 0.0279. The van der Waals surface area contributed by atoms with Crippen LogP contribution in [0.15, 0.2) is 29.3 Å². The second kappa shape index (κ2) is 14.9. The highest BCUT2D eigenvalue weighted by atomic mass is 32.2. The molecule has 4 fully saturated rings. The molecular formula is C37H48FN5O10S. The number of halogens is 1. The highest BCUT2D eigenvalue weighted by Gasteiger charge is 2.62. The van der Waals surface area contributed by atoms with Gasteiger partial charge in [0.2, 0.25) is 15.9 Å². The minimum atomic E-state index is -3.93. The van der Waals surface area contributed by atoms with Gasteiger partial charge in [0.05, 0.1) is 24.4 Å². The Hall–Kier alpha value is -4.54. The van der Waals surface area contributed by atoms with Crippen LogP contribution in [0.3, 0.4) is 0 Å². The van der Waals surface area contributed by atoms with Crippen molar-refractivity contribution in [2.75, 3.05) is 6.54 Å². The summed E-state index contributed by atoms with van der Waals surface area (Å²) in [4.78, 5) is 83.2. The van der Waals surface area contributed by atoms with E-state index in [0.29, 0.717) is 55.1 Å². The Morgan fingerprint density at radius 1 is 1.11 bits per heavy atom. The fourth-order valence-electron chi connectivity index (χ4n) is 7.50. The molecule has 1 saturated heterocycles. The van der Waals surface area contributed by atoms with Crippen LogP contribution in [0.1, 0.15) is 96.6 Å². The lowest BCUT2D eigenvalue weighted by Gasteiger charge is -2.33. The molecule has 1 aromatic rings. The Morgan fingerprint density at radius 2 is 1.83 bits per heavy atom. The molecule has 17 heteroatoms. The van der Waals surface area contributed by atoms with Gasteiger partial charge in [0, 0.05) is 30.5 Å². The number of nitrogens with zero attached hydrogens (tertiary/aromatic N) is 2. The van der Waals surface area contributed by atoms with E-state index in [1.54, 1.807) is 32.9 Å². The second-order valence-corrected chi connectivity index (χ2v) is 17.8. The lowest BCUT2D eigenvalue weighted by molar-refractivity contribution is -0.138. The Kier molecular flexibility index (Phi) is 10.8. The van der Waals surface area contributed by atoms with Gasteiger partial charge in [-0.2, -0.15) is 0 Å². The number of hydrogen-bond donors (Lipinski definition) is 3.